The summed E-state index contributed by atoms with van der Waals surface area (Å²) in [6, 6.07) is 52.6. The number of ether oxygens (including phenoxy) is 3. The second-order valence-corrected chi connectivity index (χ2v) is 14.0. The van der Waals surface area contributed by atoms with Crippen molar-refractivity contribution in [3.05, 3.63) is 247 Å². The molecule has 8 rings (SSSR count). The van der Waals surface area contributed by atoms with Crippen molar-refractivity contribution < 1.29 is 14.2 Å². The number of hydrogen-bond donors (Lipinski definition) is 0. The van der Waals surface area contributed by atoms with Gasteiger partial charge in [0.05, 0.1) is 6.61 Å². The van der Waals surface area contributed by atoms with Crippen LogP contribution < -0.4 is 26.2 Å². The Kier molecular flexibility index (Phi) is 14.6. The van der Waals surface area contributed by atoms with E-state index in [9.17, 15) is 14.4 Å². The molecule has 0 unspecified atom stereocenters. The summed E-state index contributed by atoms with van der Waals surface area (Å²) in [5.41, 5.74) is 7.80. The Labute approximate surface area is 349 Å². The van der Waals surface area contributed by atoms with Gasteiger partial charge < -0.3 is 14.2 Å². The predicted octanol–water partition coefficient (Wildman–Crippen LogP) is 9.96. The maximum Gasteiger partial charge on any atom is 0.255 e. The lowest BCUT2D eigenvalue weighted by atomic mass is 10.2. The molecule has 0 bridgehead atoms. The number of pyridine rings is 3. The predicted molar refractivity (Wildman–Crippen MR) is 238 cm³/mol. The van der Waals surface area contributed by atoms with Gasteiger partial charge in [0, 0.05) is 61.0 Å². The van der Waals surface area contributed by atoms with Crippen LogP contribution in [0.5, 0.6) is 17.2 Å². The first-order chi connectivity index (χ1) is 29.1. The van der Waals surface area contributed by atoms with Gasteiger partial charge in [0.15, 0.2) is 0 Å². The quantitative estimate of drug-likeness (QED) is 0.137. The Morgan fingerprint density at radius 3 is 1.18 bits per heavy atom. The zero-order valence-electron chi connectivity index (χ0n) is 34.1. The molecule has 0 aliphatic carbocycles. The van der Waals surface area contributed by atoms with Crippen molar-refractivity contribution in [2.24, 2.45) is 0 Å². The Bertz CT molecular complexity index is 2760. The number of para-hydroxylation sites is 1. The lowest BCUT2D eigenvalue weighted by Gasteiger charge is -2.09. The number of aryl methyl sites for hydroxylation is 3. The van der Waals surface area contributed by atoms with E-state index in [4.69, 9.17) is 14.2 Å². The molecule has 0 saturated heterocycles. The van der Waals surface area contributed by atoms with E-state index in [1.54, 1.807) is 39.0 Å². The third-order valence-corrected chi connectivity index (χ3v) is 9.16. The van der Waals surface area contributed by atoms with Gasteiger partial charge >= 0.3 is 0 Å². The standard InChI is InChI=1S/C19H17NO2.C18H15NO2.C14H15NO2/c1-15-7-12-19(21)20(13-15)17-8-10-18(11-9-17)22-14-16-5-3-2-4-6-16;1-14-7-12-18(20)19(13-14)15-8-10-17(11-9-15)21-16-5-3-2-4-6-16;1-11-3-8-14(16)15(9-11)13-6-4-12(5-7-13)10-17-2/h2-13H,14H2,1H3;2-13H,1H3;3-9H,10H2,1-2H3. The number of hydrogen-bond acceptors (Lipinski definition) is 6. The summed E-state index contributed by atoms with van der Waals surface area (Å²) in [5, 5.41) is 0. The van der Waals surface area contributed by atoms with Crippen molar-refractivity contribution in [1.29, 1.82) is 0 Å². The number of nitrogens with zero attached hydrogens (tertiary/aromatic N) is 3. The van der Waals surface area contributed by atoms with Crippen LogP contribution in [-0.2, 0) is 18.0 Å². The highest BCUT2D eigenvalue weighted by atomic mass is 16.5. The molecule has 0 atom stereocenters. The van der Waals surface area contributed by atoms with Gasteiger partial charge in [0.1, 0.15) is 23.9 Å². The van der Waals surface area contributed by atoms with E-state index >= 15 is 0 Å². The topological polar surface area (TPSA) is 93.7 Å². The Balaban J connectivity index is 0.000000152. The van der Waals surface area contributed by atoms with Crippen molar-refractivity contribution in [3.63, 3.8) is 0 Å². The summed E-state index contributed by atoms with van der Waals surface area (Å²) in [6.45, 7) is 7.01. The molecule has 0 spiro atoms. The van der Waals surface area contributed by atoms with E-state index in [0.717, 1.165) is 62.1 Å². The van der Waals surface area contributed by atoms with Crippen LogP contribution in [0.2, 0.25) is 0 Å². The van der Waals surface area contributed by atoms with E-state index in [1.807, 2.05) is 191 Å². The first kappa shape index (κ1) is 42.1. The third-order valence-electron chi connectivity index (χ3n) is 9.16. The second-order valence-electron chi connectivity index (χ2n) is 14.0. The van der Waals surface area contributed by atoms with Crippen LogP contribution in [0.4, 0.5) is 0 Å². The summed E-state index contributed by atoms with van der Waals surface area (Å²) >= 11 is 0. The highest BCUT2D eigenvalue weighted by Crippen LogP contribution is 2.22. The number of aromatic nitrogens is 3. The van der Waals surface area contributed by atoms with Crippen molar-refractivity contribution in [3.8, 4) is 34.3 Å². The fourth-order valence-corrected chi connectivity index (χ4v) is 6.05. The number of methoxy groups -OCH3 is 1. The summed E-state index contributed by atoms with van der Waals surface area (Å²) in [4.78, 5) is 35.5. The highest BCUT2D eigenvalue weighted by molar-refractivity contribution is 5.41. The minimum absolute atomic E-state index is 0.0184. The number of benzene rings is 5. The molecule has 0 aliphatic rings. The lowest BCUT2D eigenvalue weighted by Crippen LogP contribution is -2.16. The largest absolute Gasteiger partial charge is 0.489 e. The normalized spacial score (nSPS) is 10.4. The monoisotopic (exact) mass is 797 g/mol. The van der Waals surface area contributed by atoms with Crippen LogP contribution in [-0.4, -0.2) is 20.8 Å². The van der Waals surface area contributed by atoms with Crippen LogP contribution in [0, 0.1) is 20.8 Å². The Morgan fingerprint density at radius 1 is 0.383 bits per heavy atom. The summed E-state index contributed by atoms with van der Waals surface area (Å²) in [6.07, 6.45) is 5.51. The van der Waals surface area contributed by atoms with Crippen molar-refractivity contribution >= 4 is 0 Å². The number of rotatable bonds is 10. The van der Waals surface area contributed by atoms with Crippen LogP contribution in [0.1, 0.15) is 27.8 Å². The molecule has 0 radical (unpaired) electrons. The molecule has 0 amide bonds. The molecule has 8 aromatic rings. The molecule has 0 N–H and O–H groups in total. The van der Waals surface area contributed by atoms with Crippen molar-refractivity contribution in [1.82, 2.24) is 13.7 Å². The zero-order valence-corrected chi connectivity index (χ0v) is 34.1. The molecule has 3 aromatic heterocycles. The highest BCUT2D eigenvalue weighted by Gasteiger charge is 2.04. The van der Waals surface area contributed by atoms with Gasteiger partial charge in [0.25, 0.3) is 16.7 Å². The summed E-state index contributed by atoms with van der Waals surface area (Å²) in [5.74, 6) is 2.32. The molecule has 9 nitrogen and oxygen atoms in total. The third kappa shape index (κ3) is 12.0. The Morgan fingerprint density at radius 2 is 0.750 bits per heavy atom. The van der Waals surface area contributed by atoms with E-state index in [2.05, 4.69) is 0 Å². The molecule has 0 aliphatic heterocycles. The first-order valence-electron chi connectivity index (χ1n) is 19.4. The van der Waals surface area contributed by atoms with Crippen LogP contribution >= 0.6 is 0 Å². The van der Waals surface area contributed by atoms with Gasteiger partial charge in [-0.2, -0.15) is 0 Å². The maximum atomic E-state index is 11.9. The summed E-state index contributed by atoms with van der Waals surface area (Å²) in [7, 11) is 1.67. The lowest BCUT2D eigenvalue weighted by molar-refractivity contribution is 0.185. The average Bonchev–Trinajstić information content (AvgIpc) is 3.28. The molecule has 0 saturated carbocycles. The van der Waals surface area contributed by atoms with Gasteiger partial charge in [0.2, 0.25) is 0 Å². The molecule has 302 valence electrons. The van der Waals surface area contributed by atoms with Gasteiger partial charge in [-0.1, -0.05) is 78.9 Å². The van der Waals surface area contributed by atoms with E-state index in [1.165, 1.54) is 0 Å². The second kappa shape index (κ2) is 20.8. The molecule has 3 heterocycles. The summed E-state index contributed by atoms with van der Waals surface area (Å²) < 4.78 is 21.4. The fraction of sp³-hybridized carbons (Fsp3) is 0.118. The van der Waals surface area contributed by atoms with Crippen LogP contribution in [0.15, 0.2) is 203 Å². The van der Waals surface area contributed by atoms with Crippen LogP contribution in [0.3, 0.4) is 0 Å². The maximum absolute atomic E-state index is 11.9. The van der Waals surface area contributed by atoms with Gasteiger partial charge in [-0.05, 0) is 121 Å². The van der Waals surface area contributed by atoms with Crippen molar-refractivity contribution in [2.75, 3.05) is 7.11 Å². The fourth-order valence-electron chi connectivity index (χ4n) is 6.05. The average molecular weight is 798 g/mol. The van der Waals surface area contributed by atoms with E-state index < -0.39 is 0 Å². The van der Waals surface area contributed by atoms with E-state index in [0.29, 0.717) is 13.2 Å². The molecule has 0 fully saturated rings. The molecular formula is C51H47N3O6. The smallest absolute Gasteiger partial charge is 0.255 e. The molecular weight excluding hydrogens is 751 g/mol. The van der Waals surface area contributed by atoms with Crippen molar-refractivity contribution in [2.45, 2.75) is 34.0 Å². The molecule has 9 heteroatoms. The zero-order chi connectivity index (χ0) is 42.3. The minimum Gasteiger partial charge on any atom is -0.489 e. The first-order valence-corrected chi connectivity index (χ1v) is 19.4. The molecule has 5 aromatic carbocycles. The van der Waals surface area contributed by atoms with E-state index in [-0.39, 0.29) is 16.7 Å². The van der Waals surface area contributed by atoms with Crippen LogP contribution in [0.25, 0.3) is 17.1 Å². The Hall–Kier alpha value is -7.49. The van der Waals surface area contributed by atoms with Gasteiger partial charge in [-0.15, -0.1) is 0 Å². The van der Waals surface area contributed by atoms with Gasteiger partial charge in [-0.3, -0.25) is 28.1 Å². The van der Waals surface area contributed by atoms with Gasteiger partial charge in [-0.25, -0.2) is 0 Å². The SMILES string of the molecule is COCc1ccc(-n2cc(C)ccc2=O)cc1.Cc1ccc(=O)n(-c2ccc(OCc3ccccc3)cc2)c1.Cc1ccc(=O)n(-c2ccc(Oc3ccccc3)cc2)c1. The molecule has 60 heavy (non-hydrogen) atoms. The minimum atomic E-state index is -0.0441.